The minimum absolute atomic E-state index is 0.0577. The number of hydrogen-bond donors (Lipinski definition) is 4. The molecular weight excluding hydrogens is 644 g/mol. The lowest BCUT2D eigenvalue weighted by molar-refractivity contribution is -0.121. The molecule has 2 fully saturated rings. The van der Waals surface area contributed by atoms with Crippen LogP contribution in [-0.4, -0.2) is 103 Å². The van der Waals surface area contributed by atoms with Crippen LogP contribution >= 0.6 is 0 Å². The van der Waals surface area contributed by atoms with Crippen molar-refractivity contribution in [3.05, 3.63) is 83.5 Å². The quantitative estimate of drug-likeness (QED) is 0.155. The molecule has 12 nitrogen and oxygen atoms in total. The van der Waals surface area contributed by atoms with Gasteiger partial charge in [-0.05, 0) is 61.6 Å². The van der Waals surface area contributed by atoms with Gasteiger partial charge in [0.15, 0.2) is 0 Å². The largest absolute Gasteiger partial charge is 0.492 e. The third kappa shape index (κ3) is 11.4. The summed E-state index contributed by atoms with van der Waals surface area (Å²) in [7, 11) is 0. The Morgan fingerprint density at radius 3 is 2.39 bits per heavy atom. The van der Waals surface area contributed by atoms with Crippen LogP contribution in [0.4, 0.5) is 5.69 Å². The van der Waals surface area contributed by atoms with Crippen molar-refractivity contribution in [1.29, 1.82) is 16.2 Å². The molecule has 0 radical (unpaired) electrons. The van der Waals surface area contributed by atoms with Crippen LogP contribution in [0.3, 0.4) is 0 Å². The van der Waals surface area contributed by atoms with E-state index in [1.54, 1.807) is 18.3 Å². The summed E-state index contributed by atoms with van der Waals surface area (Å²) in [6.45, 7) is 14.2. The second-order valence-electron chi connectivity index (χ2n) is 14.2. The Hall–Kier alpha value is -4.65. The van der Waals surface area contributed by atoms with Crippen molar-refractivity contribution >= 4 is 29.0 Å². The van der Waals surface area contributed by atoms with Crippen LogP contribution in [0, 0.1) is 28.6 Å². The predicted octanol–water partition coefficient (Wildman–Crippen LogP) is 5.01. The number of piperidine rings is 1. The average molecular weight is 697 g/mol. The van der Waals surface area contributed by atoms with E-state index >= 15 is 0 Å². The van der Waals surface area contributed by atoms with E-state index in [9.17, 15) is 4.79 Å². The second-order valence-corrected chi connectivity index (χ2v) is 14.2. The van der Waals surface area contributed by atoms with E-state index in [1.807, 2.05) is 76.2 Å². The van der Waals surface area contributed by atoms with Crippen LogP contribution in [0.5, 0.6) is 11.5 Å². The number of hydrogen-bond acceptors (Lipinski definition) is 10. The van der Waals surface area contributed by atoms with Crippen molar-refractivity contribution in [3.63, 3.8) is 0 Å². The molecule has 1 aromatic heterocycles. The molecular formula is C39H52N8O4. The first kappa shape index (κ1) is 37.6. The maximum atomic E-state index is 13.2. The molecule has 0 unspecified atom stereocenters. The van der Waals surface area contributed by atoms with Gasteiger partial charge >= 0.3 is 0 Å². The van der Waals surface area contributed by atoms with E-state index < -0.39 is 0 Å². The zero-order valence-electron chi connectivity index (χ0n) is 30.3. The normalized spacial score (nSPS) is 16.4. The molecule has 3 heterocycles. The average Bonchev–Trinajstić information content (AvgIpc) is 3.11. The first-order chi connectivity index (χ1) is 24.4. The highest BCUT2D eigenvalue weighted by Gasteiger charge is 2.24. The smallest absolute Gasteiger partial charge is 0.239 e. The Labute approximate surface area is 301 Å². The van der Waals surface area contributed by atoms with E-state index in [-0.39, 0.29) is 41.7 Å². The van der Waals surface area contributed by atoms with Crippen LogP contribution in [0.25, 0.3) is 0 Å². The first-order valence-electron chi connectivity index (χ1n) is 17.7. The third-order valence-corrected chi connectivity index (χ3v) is 9.09. The molecule has 272 valence electrons. The van der Waals surface area contributed by atoms with Crippen molar-refractivity contribution in [1.82, 2.24) is 19.7 Å². The number of nitrogens with one attached hydrogen (secondary N) is 4. The number of benzene rings is 2. The highest BCUT2D eigenvalue weighted by Crippen LogP contribution is 2.21. The zero-order chi connectivity index (χ0) is 36.4. The summed E-state index contributed by atoms with van der Waals surface area (Å²) in [5.41, 5.74) is 2.86. The number of ether oxygens (including phenoxy) is 3. The summed E-state index contributed by atoms with van der Waals surface area (Å²) in [5, 5.41) is 28.9. The number of amidine groups is 1. The number of aryl methyl sites for hydroxylation is 1. The number of rotatable bonds is 12. The molecule has 0 spiro atoms. The van der Waals surface area contributed by atoms with Crippen LogP contribution in [0.1, 0.15) is 51.2 Å². The van der Waals surface area contributed by atoms with Crippen molar-refractivity contribution in [2.24, 2.45) is 10.4 Å². The lowest BCUT2D eigenvalue weighted by Gasteiger charge is -2.31. The minimum Gasteiger partial charge on any atom is -0.492 e. The highest BCUT2D eigenvalue weighted by molar-refractivity contribution is 6.10. The molecule has 0 bridgehead atoms. The zero-order valence-corrected chi connectivity index (χ0v) is 30.3. The maximum absolute atomic E-state index is 13.2. The van der Waals surface area contributed by atoms with Crippen molar-refractivity contribution in [3.8, 4) is 11.5 Å². The number of morpholine rings is 1. The third-order valence-electron chi connectivity index (χ3n) is 9.09. The molecule has 51 heavy (non-hydrogen) atoms. The number of likely N-dealkylation sites (tertiary alicyclic amines) is 1. The van der Waals surface area contributed by atoms with Gasteiger partial charge in [-0.25, -0.2) is 4.99 Å². The Morgan fingerprint density at radius 1 is 0.961 bits per heavy atom. The van der Waals surface area contributed by atoms with E-state index in [0.717, 1.165) is 56.9 Å². The Balaban J connectivity index is 1.13. The SMILES string of the molecule is Cc1ccc(N=C(CC(=N)C(C)(C)C)NC(=O)CN2CCC(Oc3ccc(=N)n(C(=N)c4cccc(OCCN5CCOCC5)c4)c3)CC2)cc1. The summed E-state index contributed by atoms with van der Waals surface area (Å²) < 4.78 is 19.2. The minimum atomic E-state index is -0.329. The van der Waals surface area contributed by atoms with E-state index in [4.69, 9.17) is 30.4 Å². The molecule has 3 aromatic rings. The van der Waals surface area contributed by atoms with Gasteiger partial charge < -0.3 is 24.9 Å². The summed E-state index contributed by atoms with van der Waals surface area (Å²) in [6.07, 6.45) is 3.37. The molecule has 0 atom stereocenters. The van der Waals surface area contributed by atoms with Gasteiger partial charge in [0.25, 0.3) is 0 Å². The summed E-state index contributed by atoms with van der Waals surface area (Å²) >= 11 is 0. The van der Waals surface area contributed by atoms with Crippen LogP contribution in [0.2, 0.25) is 0 Å². The summed E-state index contributed by atoms with van der Waals surface area (Å²) in [4.78, 5) is 22.3. The topological polar surface area (TPSA) is 152 Å². The molecule has 0 saturated carbocycles. The maximum Gasteiger partial charge on any atom is 0.239 e. The van der Waals surface area contributed by atoms with E-state index in [2.05, 4.69) is 20.1 Å². The molecule has 2 aliphatic heterocycles. The van der Waals surface area contributed by atoms with Crippen molar-refractivity contribution < 1.29 is 19.0 Å². The van der Waals surface area contributed by atoms with Gasteiger partial charge in [0, 0.05) is 50.4 Å². The Kier molecular flexibility index (Phi) is 12.9. The fourth-order valence-electron chi connectivity index (χ4n) is 5.83. The number of carbonyl (C=O) groups is 1. The Bertz CT molecular complexity index is 1750. The number of aromatic nitrogens is 1. The van der Waals surface area contributed by atoms with Crippen LogP contribution < -0.4 is 20.3 Å². The second kappa shape index (κ2) is 17.5. The van der Waals surface area contributed by atoms with Gasteiger partial charge in [-0.3, -0.25) is 30.0 Å². The number of amides is 1. The van der Waals surface area contributed by atoms with Crippen LogP contribution in [0.15, 0.2) is 71.9 Å². The molecule has 4 N–H and O–H groups in total. The molecule has 12 heteroatoms. The van der Waals surface area contributed by atoms with Gasteiger partial charge in [-0.15, -0.1) is 0 Å². The summed E-state index contributed by atoms with van der Waals surface area (Å²) in [6, 6.07) is 18.6. The number of aliphatic imine (C=N–C) groups is 1. The highest BCUT2D eigenvalue weighted by atomic mass is 16.5. The van der Waals surface area contributed by atoms with Gasteiger partial charge in [0.1, 0.15) is 41.4 Å². The van der Waals surface area contributed by atoms with Gasteiger partial charge in [0.2, 0.25) is 5.91 Å². The molecule has 2 aromatic carbocycles. The molecule has 0 aliphatic carbocycles. The van der Waals surface area contributed by atoms with E-state index in [0.29, 0.717) is 48.3 Å². The fourth-order valence-corrected chi connectivity index (χ4v) is 5.83. The monoisotopic (exact) mass is 696 g/mol. The molecule has 2 saturated heterocycles. The lowest BCUT2D eigenvalue weighted by Crippen LogP contribution is -2.45. The summed E-state index contributed by atoms with van der Waals surface area (Å²) in [5.74, 6) is 1.75. The molecule has 2 aliphatic rings. The van der Waals surface area contributed by atoms with E-state index in [1.165, 1.54) is 4.57 Å². The Morgan fingerprint density at radius 2 is 1.69 bits per heavy atom. The van der Waals surface area contributed by atoms with Gasteiger partial charge in [-0.2, -0.15) is 0 Å². The lowest BCUT2D eigenvalue weighted by atomic mass is 9.88. The number of pyridine rings is 1. The van der Waals surface area contributed by atoms with Crippen LogP contribution in [-0.2, 0) is 9.53 Å². The van der Waals surface area contributed by atoms with Crippen molar-refractivity contribution in [2.45, 2.75) is 53.1 Å². The molecule has 5 rings (SSSR count). The standard InChI is InChI=1S/C39H52N8O4/c1-28-8-10-30(11-9-28)43-36(25-34(40)39(2,3)4)44-37(48)27-46-16-14-31(15-17-46)51-33-12-13-35(41)47(26-33)38(42)29-6-5-7-32(24-29)50-23-20-45-18-21-49-22-19-45/h5-13,24,26,31,40-42H,14-23,25,27H2,1-4H3,(H,43,44,48). The predicted molar refractivity (Wildman–Crippen MR) is 200 cm³/mol. The van der Waals surface area contributed by atoms with Gasteiger partial charge in [0.05, 0.1) is 31.6 Å². The fraction of sp³-hybridized carbons (Fsp3) is 0.462. The number of nitrogens with zero attached hydrogens (tertiary/aromatic N) is 4. The van der Waals surface area contributed by atoms with Crippen molar-refractivity contribution in [2.75, 3.05) is 59.1 Å². The number of carbonyl (C=O) groups excluding carboxylic acids is 1. The van der Waals surface area contributed by atoms with Gasteiger partial charge in [-0.1, -0.05) is 50.6 Å². The molecule has 1 amide bonds. The first-order valence-corrected chi connectivity index (χ1v) is 17.7.